The van der Waals surface area contributed by atoms with Gasteiger partial charge in [0, 0.05) is 70.1 Å². The molecule has 2 aromatic rings. The van der Waals surface area contributed by atoms with Crippen LogP contribution in [0.5, 0.6) is 0 Å². The van der Waals surface area contributed by atoms with Gasteiger partial charge in [0.15, 0.2) is 23.2 Å². The van der Waals surface area contributed by atoms with Gasteiger partial charge in [-0.2, -0.15) is 5.26 Å². The Morgan fingerprint density at radius 1 is 0.949 bits per heavy atom. The van der Waals surface area contributed by atoms with E-state index in [0.29, 0.717) is 44.1 Å². The minimum absolute atomic E-state index is 0.0844. The SMILES string of the molecule is CNc1c(C(=O)C2CNCCN2)cc(C(NC)c2c(C#N)ccc(F)c2F)c(C(=O)C2CNCCN2)c1NC. The van der Waals surface area contributed by atoms with Crippen LogP contribution in [0.25, 0.3) is 0 Å². The van der Waals surface area contributed by atoms with Gasteiger partial charge in [-0.15, -0.1) is 0 Å². The number of hydrogen-bond acceptors (Lipinski definition) is 10. The molecule has 2 heterocycles. The number of piperazine rings is 2. The van der Waals surface area contributed by atoms with Crippen molar-refractivity contribution < 1.29 is 18.4 Å². The van der Waals surface area contributed by atoms with Crippen LogP contribution in [0.15, 0.2) is 18.2 Å². The first-order valence-corrected chi connectivity index (χ1v) is 13.0. The molecule has 2 fully saturated rings. The molecule has 3 unspecified atom stereocenters. The average Bonchev–Trinajstić information content (AvgIpc) is 2.99. The number of halogens is 2. The molecule has 2 saturated heterocycles. The highest BCUT2D eigenvalue weighted by molar-refractivity contribution is 6.14. The fraction of sp³-hybridized carbons (Fsp3) is 0.444. The lowest BCUT2D eigenvalue weighted by Gasteiger charge is -2.31. The predicted molar refractivity (Wildman–Crippen MR) is 145 cm³/mol. The average molecular weight is 541 g/mol. The van der Waals surface area contributed by atoms with Gasteiger partial charge in [-0.1, -0.05) is 0 Å². The maximum atomic E-state index is 15.4. The zero-order chi connectivity index (χ0) is 28.1. The molecule has 12 heteroatoms. The van der Waals surface area contributed by atoms with Crippen LogP contribution in [0, 0.1) is 23.0 Å². The van der Waals surface area contributed by atoms with Crippen molar-refractivity contribution in [3.05, 3.63) is 57.7 Å². The summed E-state index contributed by atoms with van der Waals surface area (Å²) < 4.78 is 29.8. The van der Waals surface area contributed by atoms with Crippen molar-refractivity contribution >= 4 is 22.9 Å². The maximum Gasteiger partial charge on any atom is 0.183 e. The molecule has 0 amide bonds. The van der Waals surface area contributed by atoms with Crippen molar-refractivity contribution in [3.8, 4) is 6.07 Å². The van der Waals surface area contributed by atoms with E-state index in [2.05, 4.69) is 37.2 Å². The van der Waals surface area contributed by atoms with Crippen molar-refractivity contribution in [2.24, 2.45) is 0 Å². The van der Waals surface area contributed by atoms with Crippen LogP contribution in [0.1, 0.15) is 43.4 Å². The van der Waals surface area contributed by atoms with E-state index >= 15 is 4.39 Å². The summed E-state index contributed by atoms with van der Waals surface area (Å²) in [5, 5.41) is 31.7. The molecule has 10 nitrogen and oxygen atoms in total. The van der Waals surface area contributed by atoms with Crippen LogP contribution in [0.4, 0.5) is 20.2 Å². The largest absolute Gasteiger partial charge is 0.386 e. The van der Waals surface area contributed by atoms with Gasteiger partial charge in [-0.05, 0) is 30.8 Å². The number of nitrogens with zero attached hydrogens (tertiary/aromatic N) is 1. The number of rotatable bonds is 9. The second kappa shape index (κ2) is 12.6. The quantitative estimate of drug-likeness (QED) is 0.228. The number of Topliss-reactive ketones (excluding diaryl/α,β-unsaturated/α-hetero) is 2. The van der Waals surface area contributed by atoms with Crippen molar-refractivity contribution in [1.82, 2.24) is 26.6 Å². The van der Waals surface area contributed by atoms with E-state index in [1.165, 1.54) is 13.1 Å². The Morgan fingerprint density at radius 3 is 2.08 bits per heavy atom. The molecule has 39 heavy (non-hydrogen) atoms. The van der Waals surface area contributed by atoms with E-state index in [9.17, 15) is 19.2 Å². The van der Waals surface area contributed by atoms with Crippen LogP contribution in [0.2, 0.25) is 0 Å². The smallest absolute Gasteiger partial charge is 0.183 e. The Balaban J connectivity index is 2.02. The van der Waals surface area contributed by atoms with Gasteiger partial charge in [0.25, 0.3) is 0 Å². The Morgan fingerprint density at radius 2 is 1.56 bits per heavy atom. The normalized spacial score (nSPS) is 20.1. The molecule has 0 saturated carbocycles. The number of carbonyl (C=O) groups is 2. The van der Waals surface area contributed by atoms with E-state index in [1.807, 2.05) is 6.07 Å². The third-order valence-electron chi connectivity index (χ3n) is 7.23. The van der Waals surface area contributed by atoms with Crippen LogP contribution >= 0.6 is 0 Å². The van der Waals surface area contributed by atoms with Crippen LogP contribution in [-0.4, -0.2) is 84.1 Å². The highest BCUT2D eigenvalue weighted by Gasteiger charge is 2.35. The summed E-state index contributed by atoms with van der Waals surface area (Å²) in [5.41, 5.74) is 1.20. The number of ketones is 2. The molecular formula is C27H34F2N8O2. The van der Waals surface area contributed by atoms with Crippen molar-refractivity contribution in [3.63, 3.8) is 0 Å². The van der Waals surface area contributed by atoms with Crippen LogP contribution < -0.4 is 37.2 Å². The summed E-state index contributed by atoms with van der Waals surface area (Å²) in [6.07, 6.45) is 0. The molecule has 0 aromatic heterocycles. The van der Waals surface area contributed by atoms with Gasteiger partial charge in [-0.3, -0.25) is 9.59 Å². The zero-order valence-corrected chi connectivity index (χ0v) is 22.2. The Labute approximate surface area is 226 Å². The molecule has 7 N–H and O–H groups in total. The summed E-state index contributed by atoms with van der Waals surface area (Å²) in [6.45, 7) is 3.39. The fourth-order valence-electron chi connectivity index (χ4n) is 5.34. The number of nitriles is 1. The summed E-state index contributed by atoms with van der Waals surface area (Å²) in [5.74, 6) is -2.83. The monoisotopic (exact) mass is 540 g/mol. The van der Waals surface area contributed by atoms with Crippen LogP contribution in [-0.2, 0) is 0 Å². The third kappa shape index (κ3) is 5.50. The van der Waals surface area contributed by atoms with E-state index in [0.717, 1.165) is 12.6 Å². The number of anilines is 2. The molecule has 208 valence electrons. The first-order valence-electron chi connectivity index (χ1n) is 13.0. The lowest BCUT2D eigenvalue weighted by atomic mass is 9.83. The first kappa shape index (κ1) is 28.5. The Hall–Kier alpha value is -3.47. The van der Waals surface area contributed by atoms with E-state index < -0.39 is 29.8 Å². The summed E-state index contributed by atoms with van der Waals surface area (Å²) in [7, 11) is 4.82. The Kier molecular flexibility index (Phi) is 9.21. The molecule has 0 spiro atoms. The molecule has 0 aliphatic carbocycles. The van der Waals surface area contributed by atoms with E-state index in [4.69, 9.17) is 0 Å². The summed E-state index contributed by atoms with van der Waals surface area (Å²) in [4.78, 5) is 27.9. The molecule has 2 aromatic carbocycles. The van der Waals surface area contributed by atoms with Crippen molar-refractivity contribution in [1.29, 1.82) is 5.26 Å². The first-order chi connectivity index (χ1) is 18.9. The second-order valence-corrected chi connectivity index (χ2v) is 9.44. The molecule has 0 radical (unpaired) electrons. The van der Waals surface area contributed by atoms with Gasteiger partial charge in [0.05, 0.1) is 41.1 Å². The molecule has 3 atom stereocenters. The number of benzene rings is 2. The summed E-state index contributed by atoms with van der Waals surface area (Å²) >= 11 is 0. The number of nitrogens with one attached hydrogen (secondary N) is 7. The molecular weight excluding hydrogens is 506 g/mol. The van der Waals surface area contributed by atoms with Crippen molar-refractivity contribution in [2.75, 3.05) is 71.0 Å². The Bertz CT molecular complexity index is 1280. The highest BCUT2D eigenvalue weighted by atomic mass is 19.2. The van der Waals surface area contributed by atoms with E-state index in [1.54, 1.807) is 20.2 Å². The van der Waals surface area contributed by atoms with Gasteiger partial charge in [0.1, 0.15) is 0 Å². The molecule has 2 aliphatic rings. The minimum Gasteiger partial charge on any atom is -0.386 e. The standard InChI is InChI=1S/C27H34F2N8O2/c1-31-23(20-14(11-30)4-5-17(28)22(20)29)15-10-16(26(38)18-12-34-6-8-36-18)24(32-2)25(33-3)21(15)27(39)19-13-35-7-9-37-19/h4-5,10,18-19,23,31-37H,6-9,12-13H2,1-3H3. The molecule has 4 rings (SSSR count). The third-order valence-corrected chi connectivity index (χ3v) is 7.23. The molecule has 0 bridgehead atoms. The lowest BCUT2D eigenvalue weighted by Crippen LogP contribution is -2.53. The van der Waals surface area contributed by atoms with Gasteiger partial charge in [0.2, 0.25) is 0 Å². The van der Waals surface area contributed by atoms with Gasteiger partial charge in [-0.25, -0.2) is 8.78 Å². The van der Waals surface area contributed by atoms with Gasteiger partial charge >= 0.3 is 0 Å². The number of hydrogen-bond donors (Lipinski definition) is 7. The minimum atomic E-state index is -1.20. The zero-order valence-electron chi connectivity index (χ0n) is 22.2. The fourth-order valence-corrected chi connectivity index (χ4v) is 5.34. The second-order valence-electron chi connectivity index (χ2n) is 9.44. The molecule has 2 aliphatic heterocycles. The van der Waals surface area contributed by atoms with E-state index in [-0.39, 0.29) is 39.4 Å². The lowest BCUT2D eigenvalue weighted by molar-refractivity contribution is 0.0923. The highest BCUT2D eigenvalue weighted by Crippen LogP contribution is 2.40. The number of carbonyl (C=O) groups excluding carboxylic acids is 2. The predicted octanol–water partition coefficient (Wildman–Crippen LogP) is 0.717. The topological polar surface area (TPSA) is 142 Å². The summed E-state index contributed by atoms with van der Waals surface area (Å²) in [6, 6.07) is 3.36. The maximum absolute atomic E-state index is 15.4. The van der Waals surface area contributed by atoms with Crippen molar-refractivity contribution in [2.45, 2.75) is 18.1 Å². The van der Waals surface area contributed by atoms with Gasteiger partial charge < -0.3 is 37.2 Å². The van der Waals surface area contributed by atoms with Crippen LogP contribution in [0.3, 0.4) is 0 Å².